The van der Waals surface area contributed by atoms with Crippen LogP contribution in [-0.4, -0.2) is 19.6 Å². The summed E-state index contributed by atoms with van der Waals surface area (Å²) in [5.41, 5.74) is 0.802. The molecule has 0 heterocycles. The topological polar surface area (TPSA) is 38.3 Å². The van der Waals surface area contributed by atoms with E-state index in [0.717, 1.165) is 5.57 Å². The number of carbonyl (C=O) groups is 1. The van der Waals surface area contributed by atoms with Crippen molar-refractivity contribution >= 4 is 6.41 Å². The summed E-state index contributed by atoms with van der Waals surface area (Å²) in [6.45, 7) is 10.00. The lowest BCUT2D eigenvalue weighted by Crippen LogP contribution is -2.17. The summed E-state index contributed by atoms with van der Waals surface area (Å²) in [5, 5.41) is 2.47. The van der Waals surface area contributed by atoms with Crippen molar-refractivity contribution in [3.05, 3.63) is 24.5 Å². The number of hydrogen-bond donors (Lipinski definition) is 1. The maximum absolute atomic E-state index is 9.78. The molecule has 0 aliphatic heterocycles. The summed E-state index contributed by atoms with van der Waals surface area (Å²) in [6.07, 6.45) is 0.632. The van der Waals surface area contributed by atoms with E-state index < -0.39 is 0 Å². The highest BCUT2D eigenvalue weighted by molar-refractivity contribution is 5.45. The number of hydrogen-bond acceptors (Lipinski definition) is 2. The van der Waals surface area contributed by atoms with Crippen LogP contribution in [0.15, 0.2) is 24.5 Å². The molecular formula is C8H13NO2. The predicted octanol–water partition coefficient (Wildman–Crippen LogP) is 0.839. The van der Waals surface area contributed by atoms with Crippen LogP contribution in [0.4, 0.5) is 0 Å². The first-order valence-electron chi connectivity index (χ1n) is 3.33. The van der Waals surface area contributed by atoms with Gasteiger partial charge in [0.15, 0.2) is 0 Å². The van der Waals surface area contributed by atoms with Crippen LogP contribution in [-0.2, 0) is 9.53 Å². The zero-order chi connectivity index (χ0) is 8.69. The normalized spacial score (nSPS) is 8.45. The third-order valence-corrected chi connectivity index (χ3v) is 1.08. The summed E-state index contributed by atoms with van der Waals surface area (Å²) >= 11 is 0. The third kappa shape index (κ3) is 5.21. The zero-order valence-corrected chi connectivity index (χ0v) is 6.72. The van der Waals surface area contributed by atoms with Crippen LogP contribution in [0.3, 0.4) is 0 Å². The average Bonchev–Trinajstić information content (AvgIpc) is 1.97. The Morgan fingerprint density at radius 2 is 2.27 bits per heavy atom. The highest BCUT2D eigenvalue weighted by atomic mass is 16.5. The number of carbonyl (C=O) groups excluding carboxylic acids is 1. The van der Waals surface area contributed by atoms with Crippen LogP contribution in [0, 0.1) is 0 Å². The lowest BCUT2D eigenvalue weighted by Gasteiger charge is -2.07. The molecule has 0 aromatic carbocycles. The molecule has 0 rings (SSSR count). The maximum atomic E-state index is 9.78. The van der Waals surface area contributed by atoms with Crippen LogP contribution in [0.2, 0.25) is 0 Å². The molecule has 0 aliphatic carbocycles. The van der Waals surface area contributed by atoms with Gasteiger partial charge < -0.3 is 10.1 Å². The summed E-state index contributed by atoms with van der Waals surface area (Å²) in [6, 6.07) is 0. The molecule has 0 unspecified atom stereocenters. The lowest BCUT2D eigenvalue weighted by atomic mass is 10.3. The first-order chi connectivity index (χ1) is 5.18. The third-order valence-electron chi connectivity index (χ3n) is 1.08. The molecule has 0 saturated heterocycles. The molecule has 0 aliphatic rings. The second-order valence-electron chi connectivity index (χ2n) is 2.12. The fraction of sp³-hybridized carbons (Fsp3) is 0.375. The second-order valence-corrected chi connectivity index (χ2v) is 2.12. The average molecular weight is 155 g/mol. The van der Waals surface area contributed by atoms with Gasteiger partial charge in [-0.1, -0.05) is 13.2 Å². The van der Waals surface area contributed by atoms with Gasteiger partial charge in [0.2, 0.25) is 6.41 Å². The van der Waals surface area contributed by atoms with Gasteiger partial charge in [0.05, 0.1) is 6.54 Å². The van der Waals surface area contributed by atoms with Gasteiger partial charge in [-0.3, -0.25) is 4.79 Å². The van der Waals surface area contributed by atoms with E-state index in [1.807, 2.05) is 6.92 Å². The Hall–Kier alpha value is -1.25. The van der Waals surface area contributed by atoms with Gasteiger partial charge in [-0.15, -0.1) is 0 Å². The molecule has 0 radical (unpaired) electrons. The quantitative estimate of drug-likeness (QED) is 0.267. The van der Waals surface area contributed by atoms with Crippen LogP contribution in [0.25, 0.3) is 0 Å². The van der Waals surface area contributed by atoms with E-state index in [-0.39, 0.29) is 0 Å². The molecule has 62 valence electrons. The van der Waals surface area contributed by atoms with Gasteiger partial charge >= 0.3 is 0 Å². The molecule has 0 saturated carbocycles. The minimum Gasteiger partial charge on any atom is -0.492 e. The minimum absolute atomic E-state index is 0.435. The fourth-order valence-electron chi connectivity index (χ4n) is 0.415. The number of amides is 1. The Morgan fingerprint density at radius 3 is 2.73 bits per heavy atom. The molecule has 3 nitrogen and oxygen atoms in total. The Morgan fingerprint density at radius 1 is 1.64 bits per heavy atom. The number of ether oxygens (including phenoxy) is 1. The second kappa shape index (κ2) is 5.53. The van der Waals surface area contributed by atoms with E-state index in [2.05, 4.69) is 18.5 Å². The van der Waals surface area contributed by atoms with E-state index in [9.17, 15) is 4.79 Å². The number of rotatable bonds is 6. The summed E-state index contributed by atoms with van der Waals surface area (Å²) in [7, 11) is 0. The SMILES string of the molecule is C=C(C)C(=C)OCCNC=O. The molecule has 0 bridgehead atoms. The van der Waals surface area contributed by atoms with E-state index in [1.54, 1.807) is 0 Å². The van der Waals surface area contributed by atoms with Crippen molar-refractivity contribution in [3.63, 3.8) is 0 Å². The summed E-state index contributed by atoms with van der Waals surface area (Å²) < 4.78 is 5.09. The number of allylic oxidation sites excluding steroid dienone is 1. The Kier molecular flexibility index (Phi) is 4.90. The van der Waals surface area contributed by atoms with E-state index >= 15 is 0 Å². The van der Waals surface area contributed by atoms with Gasteiger partial charge in [0.1, 0.15) is 12.4 Å². The van der Waals surface area contributed by atoms with Crippen LogP contribution >= 0.6 is 0 Å². The van der Waals surface area contributed by atoms with Crippen molar-refractivity contribution in [2.24, 2.45) is 0 Å². The van der Waals surface area contributed by atoms with Crippen molar-refractivity contribution in [1.29, 1.82) is 0 Å². The summed E-state index contributed by atoms with van der Waals surface area (Å²) in [4.78, 5) is 9.78. The molecule has 0 spiro atoms. The molecule has 0 fully saturated rings. The molecule has 11 heavy (non-hydrogen) atoms. The maximum Gasteiger partial charge on any atom is 0.207 e. The van der Waals surface area contributed by atoms with Gasteiger partial charge in [-0.2, -0.15) is 0 Å². The Labute approximate surface area is 66.7 Å². The van der Waals surface area contributed by atoms with Crippen molar-refractivity contribution in [2.45, 2.75) is 6.92 Å². The van der Waals surface area contributed by atoms with Gasteiger partial charge in [0, 0.05) is 0 Å². The highest BCUT2D eigenvalue weighted by Crippen LogP contribution is 2.03. The Bertz CT molecular complexity index is 163. The minimum atomic E-state index is 0.435. The van der Waals surface area contributed by atoms with Crippen LogP contribution in [0.5, 0.6) is 0 Å². The fourth-order valence-corrected chi connectivity index (χ4v) is 0.415. The van der Waals surface area contributed by atoms with E-state index in [4.69, 9.17) is 4.74 Å². The standard InChI is InChI=1S/C8H13NO2/c1-7(2)8(3)11-5-4-9-6-10/h6H,1,3-5H2,2H3,(H,9,10). The first kappa shape index (κ1) is 9.75. The molecule has 3 heteroatoms. The number of nitrogens with one attached hydrogen (secondary N) is 1. The monoisotopic (exact) mass is 155 g/mol. The van der Waals surface area contributed by atoms with Gasteiger partial charge in [0.25, 0.3) is 0 Å². The van der Waals surface area contributed by atoms with Crippen LogP contribution in [0.1, 0.15) is 6.92 Å². The van der Waals surface area contributed by atoms with E-state index in [1.165, 1.54) is 0 Å². The molecule has 0 aromatic rings. The van der Waals surface area contributed by atoms with Crippen molar-refractivity contribution in [2.75, 3.05) is 13.2 Å². The molecule has 0 atom stereocenters. The highest BCUT2D eigenvalue weighted by Gasteiger charge is 1.93. The van der Waals surface area contributed by atoms with Gasteiger partial charge in [-0.05, 0) is 12.5 Å². The smallest absolute Gasteiger partial charge is 0.207 e. The molecule has 1 amide bonds. The molecule has 1 N–H and O–H groups in total. The van der Waals surface area contributed by atoms with Crippen molar-refractivity contribution in [3.8, 4) is 0 Å². The van der Waals surface area contributed by atoms with Gasteiger partial charge in [-0.25, -0.2) is 0 Å². The molecule has 0 aromatic heterocycles. The predicted molar refractivity (Wildman–Crippen MR) is 44.0 cm³/mol. The van der Waals surface area contributed by atoms with E-state index in [0.29, 0.717) is 25.3 Å². The molecular weight excluding hydrogens is 142 g/mol. The largest absolute Gasteiger partial charge is 0.492 e. The first-order valence-corrected chi connectivity index (χ1v) is 3.33. The lowest BCUT2D eigenvalue weighted by molar-refractivity contribution is -0.109. The van der Waals surface area contributed by atoms with Crippen molar-refractivity contribution in [1.82, 2.24) is 5.32 Å². The Balaban J connectivity index is 3.31. The van der Waals surface area contributed by atoms with Crippen molar-refractivity contribution < 1.29 is 9.53 Å². The zero-order valence-electron chi connectivity index (χ0n) is 6.72. The van der Waals surface area contributed by atoms with Crippen LogP contribution < -0.4 is 5.32 Å². The summed E-state index contributed by atoms with van der Waals surface area (Å²) in [5.74, 6) is 0.567.